The van der Waals surface area contributed by atoms with Gasteiger partial charge in [-0.2, -0.15) is 0 Å². The van der Waals surface area contributed by atoms with Gasteiger partial charge < -0.3 is 20.5 Å². The molecule has 0 unspecified atom stereocenters. The summed E-state index contributed by atoms with van der Waals surface area (Å²) in [6, 6.07) is 12.2. The summed E-state index contributed by atoms with van der Waals surface area (Å²) in [6.45, 7) is 0.267. The molecule has 1 aromatic heterocycles. The van der Waals surface area contributed by atoms with Gasteiger partial charge in [-0.3, -0.25) is 14.6 Å². The highest BCUT2D eigenvalue weighted by atomic mass is 16.5. The van der Waals surface area contributed by atoms with E-state index < -0.39 is 18.2 Å². The van der Waals surface area contributed by atoms with Gasteiger partial charge >= 0.3 is 0 Å². The molecule has 0 aliphatic carbocycles. The van der Waals surface area contributed by atoms with Crippen LogP contribution in [0.5, 0.6) is 0 Å². The fourth-order valence-corrected chi connectivity index (χ4v) is 3.11. The van der Waals surface area contributed by atoms with E-state index in [-0.39, 0.29) is 24.8 Å². The monoisotopic (exact) mass is 395 g/mol. The lowest BCUT2D eigenvalue weighted by Crippen LogP contribution is -2.49. The van der Waals surface area contributed by atoms with Gasteiger partial charge in [-0.05, 0) is 36.2 Å². The van der Waals surface area contributed by atoms with Crippen LogP contribution in [-0.4, -0.2) is 53.3 Å². The minimum atomic E-state index is -0.609. The first kappa shape index (κ1) is 20.7. The Labute approximate surface area is 169 Å². The SMILES string of the molecule is O=C(C[C@@H]1C=C[C@H](NC(=O)c2ccccc2)[C@@H](CO)O1)NCCc1ccncc1. The third kappa shape index (κ3) is 6.23. The first-order chi connectivity index (χ1) is 14.2. The van der Waals surface area contributed by atoms with Crippen LogP contribution in [0.25, 0.3) is 0 Å². The predicted octanol–water partition coefficient (Wildman–Crippen LogP) is 1.24. The van der Waals surface area contributed by atoms with E-state index in [2.05, 4.69) is 15.6 Å². The lowest BCUT2D eigenvalue weighted by molar-refractivity contribution is -0.125. The Morgan fingerprint density at radius 1 is 1.07 bits per heavy atom. The molecule has 0 saturated heterocycles. The van der Waals surface area contributed by atoms with Gasteiger partial charge in [0.1, 0.15) is 6.10 Å². The van der Waals surface area contributed by atoms with Crippen molar-refractivity contribution in [2.45, 2.75) is 31.1 Å². The Balaban J connectivity index is 1.47. The third-order valence-electron chi connectivity index (χ3n) is 4.67. The van der Waals surface area contributed by atoms with E-state index in [0.717, 1.165) is 12.0 Å². The molecule has 0 fully saturated rings. The van der Waals surface area contributed by atoms with Gasteiger partial charge in [0.25, 0.3) is 5.91 Å². The molecule has 152 valence electrons. The molecule has 1 aliphatic heterocycles. The van der Waals surface area contributed by atoms with Gasteiger partial charge in [-0.1, -0.05) is 30.4 Å². The van der Waals surface area contributed by atoms with Crippen molar-refractivity contribution in [3.63, 3.8) is 0 Å². The number of hydrogen-bond acceptors (Lipinski definition) is 5. The van der Waals surface area contributed by atoms with E-state index in [4.69, 9.17) is 4.74 Å². The van der Waals surface area contributed by atoms with E-state index in [1.54, 1.807) is 48.8 Å². The number of nitrogens with one attached hydrogen (secondary N) is 2. The zero-order chi connectivity index (χ0) is 20.5. The number of carbonyl (C=O) groups is 2. The lowest BCUT2D eigenvalue weighted by atomic mass is 10.0. The average molecular weight is 395 g/mol. The highest BCUT2D eigenvalue weighted by molar-refractivity contribution is 5.94. The zero-order valence-electron chi connectivity index (χ0n) is 16.0. The quantitative estimate of drug-likeness (QED) is 0.584. The van der Waals surface area contributed by atoms with E-state index in [1.807, 2.05) is 18.2 Å². The molecule has 1 aromatic carbocycles. The highest BCUT2D eigenvalue weighted by Gasteiger charge is 2.29. The van der Waals surface area contributed by atoms with Gasteiger partial charge in [0.2, 0.25) is 5.91 Å². The maximum absolute atomic E-state index is 12.3. The van der Waals surface area contributed by atoms with Gasteiger partial charge in [0.15, 0.2) is 0 Å². The Morgan fingerprint density at radius 2 is 1.83 bits per heavy atom. The molecule has 0 bridgehead atoms. The summed E-state index contributed by atoms with van der Waals surface area (Å²) in [7, 11) is 0. The Morgan fingerprint density at radius 3 is 2.55 bits per heavy atom. The number of carbonyl (C=O) groups excluding carboxylic acids is 2. The molecular formula is C22H25N3O4. The summed E-state index contributed by atoms with van der Waals surface area (Å²) in [4.78, 5) is 28.5. The topological polar surface area (TPSA) is 101 Å². The summed E-state index contributed by atoms with van der Waals surface area (Å²) in [6.07, 6.45) is 6.80. The molecule has 7 heteroatoms. The van der Waals surface area contributed by atoms with Crippen molar-refractivity contribution in [3.05, 3.63) is 78.1 Å². The Bertz CT molecular complexity index is 826. The van der Waals surface area contributed by atoms with Gasteiger partial charge in [-0.15, -0.1) is 0 Å². The second kappa shape index (κ2) is 10.5. The van der Waals surface area contributed by atoms with Crippen LogP contribution in [0.1, 0.15) is 22.3 Å². The van der Waals surface area contributed by atoms with Crippen molar-refractivity contribution in [2.24, 2.45) is 0 Å². The second-order valence-electron chi connectivity index (χ2n) is 6.81. The zero-order valence-corrected chi connectivity index (χ0v) is 16.0. The molecule has 0 spiro atoms. The van der Waals surface area contributed by atoms with Gasteiger partial charge in [0, 0.05) is 24.5 Å². The van der Waals surface area contributed by atoms with Gasteiger partial charge in [-0.25, -0.2) is 0 Å². The van der Waals surface area contributed by atoms with Crippen molar-refractivity contribution < 1.29 is 19.4 Å². The Kier molecular flexibility index (Phi) is 7.49. The maximum Gasteiger partial charge on any atom is 0.251 e. The van der Waals surface area contributed by atoms with E-state index in [9.17, 15) is 14.7 Å². The second-order valence-corrected chi connectivity index (χ2v) is 6.81. The Hall–Kier alpha value is -3.03. The van der Waals surface area contributed by atoms with Crippen molar-refractivity contribution in [1.82, 2.24) is 15.6 Å². The molecule has 3 N–H and O–H groups in total. The van der Waals surface area contributed by atoms with Crippen LogP contribution in [0.2, 0.25) is 0 Å². The molecule has 3 rings (SSSR count). The number of hydrogen-bond donors (Lipinski definition) is 3. The van der Waals surface area contributed by atoms with Crippen LogP contribution >= 0.6 is 0 Å². The number of aliphatic hydroxyl groups is 1. The number of ether oxygens (including phenoxy) is 1. The number of pyridine rings is 1. The fourth-order valence-electron chi connectivity index (χ4n) is 3.11. The first-order valence-corrected chi connectivity index (χ1v) is 9.62. The summed E-state index contributed by atoms with van der Waals surface area (Å²) in [5, 5.41) is 15.4. The smallest absolute Gasteiger partial charge is 0.251 e. The van der Waals surface area contributed by atoms with Crippen molar-refractivity contribution in [2.75, 3.05) is 13.2 Å². The number of nitrogens with zero attached hydrogens (tertiary/aromatic N) is 1. The molecule has 3 atom stereocenters. The average Bonchev–Trinajstić information content (AvgIpc) is 2.76. The summed E-state index contributed by atoms with van der Waals surface area (Å²) in [5.41, 5.74) is 1.64. The van der Waals surface area contributed by atoms with Gasteiger partial charge in [0.05, 0.1) is 25.2 Å². The molecule has 2 aromatic rings. The van der Waals surface area contributed by atoms with Crippen LogP contribution in [0, 0.1) is 0 Å². The number of benzene rings is 1. The van der Waals surface area contributed by atoms with Crippen LogP contribution in [0.15, 0.2) is 67.0 Å². The van der Waals surface area contributed by atoms with Crippen LogP contribution in [-0.2, 0) is 16.0 Å². The predicted molar refractivity (Wildman–Crippen MR) is 108 cm³/mol. The molecule has 1 aliphatic rings. The minimum absolute atomic E-state index is 0.128. The van der Waals surface area contributed by atoms with E-state index in [1.165, 1.54) is 0 Å². The molecule has 2 amide bonds. The first-order valence-electron chi connectivity index (χ1n) is 9.62. The molecule has 2 heterocycles. The van der Waals surface area contributed by atoms with E-state index in [0.29, 0.717) is 12.1 Å². The number of aromatic nitrogens is 1. The molecule has 0 radical (unpaired) electrons. The van der Waals surface area contributed by atoms with E-state index >= 15 is 0 Å². The normalized spacial score (nSPS) is 20.8. The summed E-state index contributed by atoms with van der Waals surface area (Å²) < 4.78 is 5.80. The largest absolute Gasteiger partial charge is 0.394 e. The fraction of sp³-hybridized carbons (Fsp3) is 0.318. The highest BCUT2D eigenvalue weighted by Crippen LogP contribution is 2.16. The van der Waals surface area contributed by atoms with Crippen LogP contribution in [0.3, 0.4) is 0 Å². The molecule has 29 heavy (non-hydrogen) atoms. The molecule has 0 saturated carbocycles. The number of aliphatic hydroxyl groups excluding tert-OH is 1. The summed E-state index contributed by atoms with van der Waals surface area (Å²) >= 11 is 0. The standard InChI is InChI=1S/C22H25N3O4/c26-15-20-19(25-22(28)17-4-2-1-3-5-17)7-6-18(29-20)14-21(27)24-13-10-16-8-11-23-12-9-16/h1-9,11-12,18-20,26H,10,13-15H2,(H,24,27)(H,25,28)/t18-,19-,20+/m0/s1. The van der Waals surface area contributed by atoms with Crippen molar-refractivity contribution in [3.8, 4) is 0 Å². The van der Waals surface area contributed by atoms with Crippen LogP contribution < -0.4 is 10.6 Å². The summed E-state index contributed by atoms with van der Waals surface area (Å²) in [5.74, 6) is -0.369. The van der Waals surface area contributed by atoms with Crippen LogP contribution in [0.4, 0.5) is 0 Å². The third-order valence-corrected chi connectivity index (χ3v) is 4.67. The van der Waals surface area contributed by atoms with Crippen molar-refractivity contribution >= 4 is 11.8 Å². The minimum Gasteiger partial charge on any atom is -0.394 e. The van der Waals surface area contributed by atoms with Crippen molar-refractivity contribution in [1.29, 1.82) is 0 Å². The number of amides is 2. The lowest BCUT2D eigenvalue weighted by Gasteiger charge is -2.31. The maximum atomic E-state index is 12.3. The number of rotatable bonds is 8. The molecule has 7 nitrogen and oxygen atoms in total. The molecular weight excluding hydrogens is 370 g/mol.